The number of thiophene rings is 1. The van der Waals surface area contributed by atoms with Gasteiger partial charge in [0, 0.05) is 18.8 Å². The molecule has 212 valence electrons. The maximum atomic E-state index is 14.6. The maximum Gasteiger partial charge on any atom is 0.241 e. The van der Waals surface area contributed by atoms with Gasteiger partial charge < -0.3 is 18.6 Å². The molecule has 3 unspecified atom stereocenters. The Kier molecular flexibility index (Phi) is 7.54. The van der Waals surface area contributed by atoms with E-state index in [1.165, 1.54) is 17.6 Å². The number of aromatic nitrogens is 1. The van der Waals surface area contributed by atoms with Gasteiger partial charge in [0.1, 0.15) is 28.5 Å². The smallest absolute Gasteiger partial charge is 0.241 e. The first-order valence-electron chi connectivity index (χ1n) is 14.2. The Bertz CT molecular complexity index is 1380. The number of methoxy groups -OCH3 is 1. The van der Waals surface area contributed by atoms with E-state index in [0.717, 1.165) is 41.7 Å². The molecule has 1 saturated carbocycles. The van der Waals surface area contributed by atoms with Gasteiger partial charge in [-0.25, -0.2) is 4.98 Å². The van der Waals surface area contributed by atoms with Crippen LogP contribution < -0.4 is 9.64 Å². The molecule has 0 radical (unpaired) electrons. The molecular formula is C31H36N2O6S. The van der Waals surface area contributed by atoms with E-state index in [1.807, 2.05) is 36.1 Å². The van der Waals surface area contributed by atoms with Crippen LogP contribution in [-0.4, -0.2) is 49.6 Å². The van der Waals surface area contributed by atoms with Crippen molar-refractivity contribution in [3.05, 3.63) is 53.4 Å². The van der Waals surface area contributed by atoms with Crippen molar-refractivity contribution in [2.75, 3.05) is 31.8 Å². The summed E-state index contributed by atoms with van der Waals surface area (Å²) in [4.78, 5) is 35.9. The summed E-state index contributed by atoms with van der Waals surface area (Å²) in [6, 6.07) is 7.81. The number of rotatable bonds is 7. The summed E-state index contributed by atoms with van der Waals surface area (Å²) in [6.45, 7) is 5.66. The topological polar surface area (TPSA) is 91.1 Å². The minimum absolute atomic E-state index is 0.00118. The van der Waals surface area contributed by atoms with E-state index in [4.69, 9.17) is 18.6 Å². The summed E-state index contributed by atoms with van der Waals surface area (Å²) >= 11 is 1.40. The Balaban J connectivity index is 1.46. The van der Waals surface area contributed by atoms with Crippen molar-refractivity contribution in [1.82, 2.24) is 4.98 Å². The SMILES string of the molecule is COc1ccccc1C(CN1C(=O)C2(CCCC(C)C2)C(=O)c2c1sc(-c1ncco1)c2C)OC1CCOCC1. The lowest BCUT2D eigenvalue weighted by molar-refractivity contribution is -0.129. The van der Waals surface area contributed by atoms with Crippen LogP contribution >= 0.6 is 11.3 Å². The van der Waals surface area contributed by atoms with Gasteiger partial charge in [0.15, 0.2) is 5.78 Å². The molecule has 6 rings (SSSR count). The highest BCUT2D eigenvalue weighted by Gasteiger charge is 2.56. The van der Waals surface area contributed by atoms with Crippen LogP contribution in [0.2, 0.25) is 0 Å². The minimum Gasteiger partial charge on any atom is -0.496 e. The van der Waals surface area contributed by atoms with Crippen molar-refractivity contribution in [3.8, 4) is 16.5 Å². The summed E-state index contributed by atoms with van der Waals surface area (Å²) in [7, 11) is 1.65. The van der Waals surface area contributed by atoms with Crippen LogP contribution in [0.15, 0.2) is 41.1 Å². The Morgan fingerprint density at radius 1 is 1.20 bits per heavy atom. The predicted molar refractivity (Wildman–Crippen MR) is 152 cm³/mol. The molecule has 3 aromatic rings. The second kappa shape index (κ2) is 11.1. The molecule has 8 nitrogen and oxygen atoms in total. The van der Waals surface area contributed by atoms with E-state index in [-0.39, 0.29) is 24.3 Å². The van der Waals surface area contributed by atoms with Crippen molar-refractivity contribution in [1.29, 1.82) is 0 Å². The zero-order valence-electron chi connectivity index (χ0n) is 23.3. The number of hydrogen-bond donors (Lipinski definition) is 0. The number of benzene rings is 1. The molecule has 3 atom stereocenters. The van der Waals surface area contributed by atoms with Gasteiger partial charge in [0.05, 0.1) is 36.4 Å². The predicted octanol–water partition coefficient (Wildman–Crippen LogP) is 6.38. The number of nitrogens with zero attached hydrogens (tertiary/aromatic N) is 2. The van der Waals surface area contributed by atoms with Gasteiger partial charge in [-0.05, 0) is 50.2 Å². The third-order valence-corrected chi connectivity index (χ3v) is 9.98. The fourth-order valence-electron chi connectivity index (χ4n) is 6.66. The highest BCUT2D eigenvalue weighted by molar-refractivity contribution is 7.20. The zero-order chi connectivity index (χ0) is 27.9. The third-order valence-electron chi connectivity index (χ3n) is 8.67. The number of fused-ring (bicyclic) bond motifs is 1. The Labute approximate surface area is 238 Å². The maximum absolute atomic E-state index is 14.6. The number of oxazole rings is 1. The van der Waals surface area contributed by atoms with Gasteiger partial charge in [0.25, 0.3) is 0 Å². The third kappa shape index (κ3) is 4.67. The summed E-state index contributed by atoms with van der Waals surface area (Å²) in [5, 5.41) is 0.653. The number of amides is 1. The van der Waals surface area contributed by atoms with E-state index in [9.17, 15) is 9.59 Å². The molecule has 1 aliphatic carbocycles. The highest BCUT2D eigenvalue weighted by Crippen LogP contribution is 2.53. The van der Waals surface area contributed by atoms with Gasteiger partial charge in [-0.2, -0.15) is 0 Å². The second-order valence-corrected chi connectivity index (χ2v) is 12.3. The number of anilines is 1. The summed E-state index contributed by atoms with van der Waals surface area (Å²) in [6.07, 6.45) is 7.26. The molecule has 0 bridgehead atoms. The number of hydrogen-bond acceptors (Lipinski definition) is 8. The number of para-hydroxylation sites is 1. The molecule has 2 fully saturated rings. The molecule has 40 heavy (non-hydrogen) atoms. The van der Waals surface area contributed by atoms with E-state index in [0.29, 0.717) is 54.2 Å². The van der Waals surface area contributed by atoms with Crippen LogP contribution in [-0.2, 0) is 14.3 Å². The number of carbonyl (C=O) groups is 2. The number of ether oxygens (including phenoxy) is 3. The molecule has 0 N–H and O–H groups in total. The first-order valence-corrected chi connectivity index (χ1v) is 15.0. The Hall–Kier alpha value is -3.01. The normalized spacial score (nSPS) is 24.4. The molecule has 3 aliphatic rings. The Morgan fingerprint density at radius 3 is 2.73 bits per heavy atom. The lowest BCUT2D eigenvalue weighted by Crippen LogP contribution is -2.55. The van der Waals surface area contributed by atoms with Crippen LogP contribution in [0.5, 0.6) is 5.75 Å². The molecular weight excluding hydrogens is 528 g/mol. The molecule has 1 saturated heterocycles. The van der Waals surface area contributed by atoms with Crippen LogP contribution in [0.3, 0.4) is 0 Å². The van der Waals surface area contributed by atoms with Gasteiger partial charge >= 0.3 is 0 Å². The quantitative estimate of drug-likeness (QED) is 0.307. The monoisotopic (exact) mass is 564 g/mol. The molecule has 1 spiro atoms. The molecule has 4 heterocycles. The number of ketones is 1. The van der Waals surface area contributed by atoms with E-state index in [2.05, 4.69) is 11.9 Å². The van der Waals surface area contributed by atoms with E-state index in [1.54, 1.807) is 13.3 Å². The molecule has 2 aromatic heterocycles. The van der Waals surface area contributed by atoms with Gasteiger partial charge in [-0.3, -0.25) is 14.5 Å². The fraction of sp³-hybridized carbons (Fsp3) is 0.516. The Morgan fingerprint density at radius 2 is 2.00 bits per heavy atom. The average Bonchev–Trinajstić information content (AvgIpc) is 3.62. The van der Waals surface area contributed by atoms with Crippen LogP contribution in [0, 0.1) is 18.3 Å². The van der Waals surface area contributed by atoms with Gasteiger partial charge in [-0.15, -0.1) is 11.3 Å². The van der Waals surface area contributed by atoms with Crippen molar-refractivity contribution in [2.45, 2.75) is 64.6 Å². The van der Waals surface area contributed by atoms with E-state index >= 15 is 0 Å². The lowest BCUT2D eigenvalue weighted by Gasteiger charge is -2.45. The zero-order valence-corrected chi connectivity index (χ0v) is 24.1. The van der Waals surface area contributed by atoms with Gasteiger partial charge in [0.2, 0.25) is 11.8 Å². The summed E-state index contributed by atoms with van der Waals surface area (Å²) in [5.74, 6) is 1.29. The van der Waals surface area contributed by atoms with Crippen molar-refractivity contribution in [3.63, 3.8) is 0 Å². The first-order chi connectivity index (χ1) is 19.4. The number of Topliss-reactive ketones (excluding diaryl/α,β-unsaturated/α-hetero) is 1. The molecule has 1 aromatic carbocycles. The van der Waals surface area contributed by atoms with Crippen molar-refractivity contribution in [2.24, 2.45) is 11.3 Å². The van der Waals surface area contributed by atoms with Crippen LogP contribution in [0.25, 0.3) is 10.8 Å². The largest absolute Gasteiger partial charge is 0.496 e. The highest BCUT2D eigenvalue weighted by atomic mass is 32.1. The molecule has 2 aliphatic heterocycles. The van der Waals surface area contributed by atoms with Crippen molar-refractivity contribution < 1.29 is 28.2 Å². The second-order valence-electron chi connectivity index (χ2n) is 11.3. The van der Waals surface area contributed by atoms with Crippen LogP contribution in [0.4, 0.5) is 5.00 Å². The number of carbonyl (C=O) groups excluding carboxylic acids is 2. The lowest BCUT2D eigenvalue weighted by atomic mass is 9.64. The summed E-state index contributed by atoms with van der Waals surface area (Å²) < 4.78 is 23.7. The van der Waals surface area contributed by atoms with Gasteiger partial charge in [-0.1, -0.05) is 38.0 Å². The fourth-order valence-corrected chi connectivity index (χ4v) is 7.91. The van der Waals surface area contributed by atoms with Crippen molar-refractivity contribution >= 4 is 28.0 Å². The first kappa shape index (κ1) is 27.2. The molecule has 9 heteroatoms. The molecule has 1 amide bonds. The minimum atomic E-state index is -1.06. The van der Waals surface area contributed by atoms with Crippen LogP contribution in [0.1, 0.15) is 73.0 Å². The standard InChI is InChI=1S/C31H36N2O6S/c1-19-7-6-12-31(17-19)27(34)25-20(2)26(28-32-13-16-38-28)40-29(25)33(30(31)35)18-24(39-21-10-14-37-15-11-21)22-8-4-5-9-23(22)36-3/h4-5,8-9,13,16,19,21,24H,6-7,10-12,14-15,17-18H2,1-3H3. The van der Waals surface area contributed by atoms with E-state index < -0.39 is 11.5 Å². The average molecular weight is 565 g/mol. The summed E-state index contributed by atoms with van der Waals surface area (Å²) in [5.41, 5.74) is 1.27.